The van der Waals surface area contributed by atoms with E-state index in [1.54, 1.807) is 0 Å². The molecule has 0 rings (SSSR count). The van der Waals surface area contributed by atoms with Crippen molar-refractivity contribution in [2.45, 2.75) is 59.9 Å². The third kappa shape index (κ3) is 3.95. The van der Waals surface area contributed by atoms with Crippen LogP contribution in [0.15, 0.2) is 0 Å². The summed E-state index contributed by atoms with van der Waals surface area (Å²) in [6.45, 7) is 10.1. The maximum atomic E-state index is 12.2. The molecule has 0 aromatic heterocycles. The number of nitrogens with one attached hydrogen (secondary N) is 1. The minimum absolute atomic E-state index is 0.0492. The Balaban J connectivity index is 4.68. The van der Waals surface area contributed by atoms with Crippen LogP contribution in [0.5, 0.6) is 0 Å². The van der Waals surface area contributed by atoms with Gasteiger partial charge in [0.1, 0.15) is 0 Å². The molecule has 3 nitrogen and oxygen atoms in total. The monoisotopic (exact) mass is 258 g/mol. The van der Waals surface area contributed by atoms with Crippen molar-refractivity contribution < 1.29 is 4.79 Å². The Hall–Kier alpha value is -0.640. The van der Waals surface area contributed by atoms with E-state index in [1.165, 1.54) is 0 Å². The first-order valence-electron chi connectivity index (χ1n) is 6.44. The summed E-state index contributed by atoms with van der Waals surface area (Å²) in [5.41, 5.74) is 4.94. The fourth-order valence-electron chi connectivity index (χ4n) is 1.93. The SMILES string of the molecule is CCC(CC)C(C)NC(=O)C(C)(CC)C(N)=S. The van der Waals surface area contributed by atoms with Gasteiger partial charge in [0.15, 0.2) is 0 Å². The molecule has 100 valence electrons. The standard InChI is InChI=1S/C13H26N2OS/c1-6-10(7-2)9(4)15-12(16)13(5,8-3)11(14)17/h9-10H,6-8H2,1-5H3,(H2,14,17)(H,15,16). The summed E-state index contributed by atoms with van der Waals surface area (Å²) in [7, 11) is 0. The molecule has 0 aliphatic carbocycles. The van der Waals surface area contributed by atoms with E-state index in [4.69, 9.17) is 18.0 Å². The van der Waals surface area contributed by atoms with Crippen molar-refractivity contribution in [2.24, 2.45) is 17.1 Å². The molecule has 2 atom stereocenters. The molecule has 1 amide bonds. The van der Waals surface area contributed by atoms with E-state index in [0.29, 0.717) is 12.3 Å². The molecule has 0 aromatic carbocycles. The van der Waals surface area contributed by atoms with Gasteiger partial charge in [0.2, 0.25) is 5.91 Å². The fraction of sp³-hybridized carbons (Fsp3) is 0.846. The van der Waals surface area contributed by atoms with Gasteiger partial charge in [-0.2, -0.15) is 0 Å². The Morgan fingerprint density at radius 1 is 1.35 bits per heavy atom. The number of thiocarbonyl (C=S) groups is 1. The van der Waals surface area contributed by atoms with E-state index < -0.39 is 5.41 Å². The maximum Gasteiger partial charge on any atom is 0.232 e. The highest BCUT2D eigenvalue weighted by atomic mass is 32.1. The molecule has 0 aliphatic heterocycles. The number of carbonyl (C=O) groups is 1. The molecule has 0 aromatic rings. The maximum absolute atomic E-state index is 12.2. The molecule has 0 spiro atoms. The van der Waals surface area contributed by atoms with Crippen molar-refractivity contribution in [1.29, 1.82) is 0 Å². The molecule has 17 heavy (non-hydrogen) atoms. The molecular weight excluding hydrogens is 232 g/mol. The van der Waals surface area contributed by atoms with Crippen LogP contribution in [0.1, 0.15) is 53.9 Å². The number of rotatable bonds is 7. The normalized spacial score (nSPS) is 16.4. The van der Waals surface area contributed by atoms with Gasteiger partial charge in [-0.25, -0.2) is 0 Å². The fourth-order valence-corrected chi connectivity index (χ4v) is 2.16. The van der Waals surface area contributed by atoms with Gasteiger partial charge < -0.3 is 11.1 Å². The largest absolute Gasteiger partial charge is 0.392 e. The molecule has 0 saturated carbocycles. The van der Waals surface area contributed by atoms with Crippen molar-refractivity contribution in [1.82, 2.24) is 5.32 Å². The van der Waals surface area contributed by atoms with Crippen LogP contribution >= 0.6 is 12.2 Å². The van der Waals surface area contributed by atoms with Crippen molar-refractivity contribution >= 4 is 23.1 Å². The van der Waals surface area contributed by atoms with E-state index in [-0.39, 0.29) is 16.9 Å². The van der Waals surface area contributed by atoms with Gasteiger partial charge in [-0.15, -0.1) is 0 Å². The van der Waals surface area contributed by atoms with Crippen molar-refractivity contribution in [2.75, 3.05) is 0 Å². The van der Waals surface area contributed by atoms with E-state index in [9.17, 15) is 4.79 Å². The number of amides is 1. The third-order valence-electron chi connectivity index (χ3n) is 3.87. The lowest BCUT2D eigenvalue weighted by Crippen LogP contribution is -2.50. The van der Waals surface area contributed by atoms with E-state index in [1.807, 2.05) is 20.8 Å². The predicted molar refractivity (Wildman–Crippen MR) is 76.9 cm³/mol. The van der Waals surface area contributed by atoms with Crippen LogP contribution in [0.3, 0.4) is 0 Å². The Morgan fingerprint density at radius 2 is 1.82 bits per heavy atom. The molecule has 0 radical (unpaired) electrons. The van der Waals surface area contributed by atoms with E-state index >= 15 is 0 Å². The van der Waals surface area contributed by atoms with Crippen molar-refractivity contribution in [3.05, 3.63) is 0 Å². The molecule has 0 aliphatic rings. The van der Waals surface area contributed by atoms with Gasteiger partial charge in [-0.1, -0.05) is 45.8 Å². The minimum Gasteiger partial charge on any atom is -0.392 e. The molecule has 4 heteroatoms. The Labute approximate surface area is 111 Å². The summed E-state index contributed by atoms with van der Waals surface area (Å²) in [4.78, 5) is 12.5. The molecule has 3 N–H and O–H groups in total. The zero-order valence-electron chi connectivity index (χ0n) is 11.7. The van der Waals surface area contributed by atoms with Crippen molar-refractivity contribution in [3.8, 4) is 0 Å². The molecule has 0 fully saturated rings. The Kier molecular flexibility index (Phi) is 6.68. The average Bonchev–Trinajstić information content (AvgIpc) is 2.28. The Morgan fingerprint density at radius 3 is 2.12 bits per heavy atom. The zero-order chi connectivity index (χ0) is 13.6. The third-order valence-corrected chi connectivity index (χ3v) is 4.32. The summed E-state index contributed by atoms with van der Waals surface area (Å²) in [6, 6.07) is 0.165. The highest BCUT2D eigenvalue weighted by molar-refractivity contribution is 7.80. The highest BCUT2D eigenvalue weighted by Crippen LogP contribution is 2.23. The van der Waals surface area contributed by atoms with Gasteiger partial charge in [-0.3, -0.25) is 4.79 Å². The van der Waals surface area contributed by atoms with Crippen LogP contribution in [-0.4, -0.2) is 16.9 Å². The number of carbonyl (C=O) groups excluding carboxylic acids is 1. The first-order chi connectivity index (χ1) is 7.83. The second-order valence-corrected chi connectivity index (χ2v) is 5.33. The van der Waals surface area contributed by atoms with Crippen LogP contribution in [0, 0.1) is 11.3 Å². The smallest absolute Gasteiger partial charge is 0.232 e. The van der Waals surface area contributed by atoms with Crippen LogP contribution in [0.2, 0.25) is 0 Å². The van der Waals surface area contributed by atoms with Gasteiger partial charge >= 0.3 is 0 Å². The molecule has 0 saturated heterocycles. The summed E-state index contributed by atoms with van der Waals surface area (Å²) < 4.78 is 0. The topological polar surface area (TPSA) is 55.1 Å². The first-order valence-corrected chi connectivity index (χ1v) is 6.85. The summed E-state index contributed by atoms with van der Waals surface area (Å²) in [5, 5.41) is 3.05. The highest BCUT2D eigenvalue weighted by Gasteiger charge is 2.35. The van der Waals surface area contributed by atoms with Gasteiger partial charge in [-0.05, 0) is 26.2 Å². The summed E-state index contributed by atoms with van der Waals surface area (Å²) in [6.07, 6.45) is 2.76. The van der Waals surface area contributed by atoms with Crippen LogP contribution in [0.4, 0.5) is 0 Å². The van der Waals surface area contributed by atoms with Crippen LogP contribution < -0.4 is 11.1 Å². The lowest BCUT2D eigenvalue weighted by atomic mass is 9.85. The van der Waals surface area contributed by atoms with Gasteiger partial charge in [0.05, 0.1) is 10.4 Å². The second-order valence-electron chi connectivity index (χ2n) is 4.89. The molecule has 0 heterocycles. The predicted octanol–water partition coefficient (Wildman–Crippen LogP) is 2.63. The average molecular weight is 258 g/mol. The van der Waals surface area contributed by atoms with Gasteiger partial charge in [0.25, 0.3) is 0 Å². The molecule has 0 bridgehead atoms. The number of hydrogen-bond donors (Lipinski definition) is 2. The number of hydrogen-bond acceptors (Lipinski definition) is 2. The Bertz CT molecular complexity index is 277. The lowest BCUT2D eigenvalue weighted by Gasteiger charge is -2.30. The second kappa shape index (κ2) is 6.94. The molecule has 2 unspecified atom stereocenters. The lowest BCUT2D eigenvalue weighted by molar-refractivity contribution is -0.128. The summed E-state index contributed by atoms with van der Waals surface area (Å²) in [5.74, 6) is 0.457. The first kappa shape index (κ1) is 16.4. The zero-order valence-corrected chi connectivity index (χ0v) is 12.5. The van der Waals surface area contributed by atoms with E-state index in [0.717, 1.165) is 12.8 Å². The van der Waals surface area contributed by atoms with E-state index in [2.05, 4.69) is 19.2 Å². The minimum atomic E-state index is -0.727. The summed E-state index contributed by atoms with van der Waals surface area (Å²) >= 11 is 5.00. The molecular formula is C13H26N2OS. The van der Waals surface area contributed by atoms with Crippen LogP contribution in [-0.2, 0) is 4.79 Å². The van der Waals surface area contributed by atoms with Crippen molar-refractivity contribution in [3.63, 3.8) is 0 Å². The van der Waals surface area contributed by atoms with Gasteiger partial charge in [0, 0.05) is 6.04 Å². The van der Waals surface area contributed by atoms with Crippen LogP contribution in [0.25, 0.3) is 0 Å². The number of nitrogens with two attached hydrogens (primary N) is 1. The quantitative estimate of drug-likeness (QED) is 0.690.